The van der Waals surface area contributed by atoms with Crippen molar-refractivity contribution in [1.29, 1.82) is 0 Å². The molecule has 1 N–H and O–H groups in total. The van der Waals surface area contributed by atoms with Crippen LogP contribution in [0.4, 0.5) is 0 Å². The Kier molecular flexibility index (Phi) is 7.42. The number of rotatable bonds is 7. The summed E-state index contributed by atoms with van der Waals surface area (Å²) in [4.78, 5) is 28.2. The third-order valence-corrected chi connectivity index (χ3v) is 6.48. The van der Waals surface area contributed by atoms with E-state index in [0.717, 1.165) is 37.4 Å². The van der Waals surface area contributed by atoms with Crippen molar-refractivity contribution in [2.75, 3.05) is 39.3 Å². The number of carbonyl (C=O) groups is 2. The van der Waals surface area contributed by atoms with Crippen LogP contribution in [0.2, 0.25) is 0 Å². The summed E-state index contributed by atoms with van der Waals surface area (Å²) in [5.41, 5.74) is 0.901. The number of piperazine rings is 1. The Morgan fingerprint density at radius 3 is 2.62 bits per heavy atom. The largest absolute Gasteiger partial charge is 0.486 e. The summed E-state index contributed by atoms with van der Waals surface area (Å²) in [6.07, 6.45) is 2.30. The molecule has 2 amide bonds. The fraction of sp³-hybridized carbons (Fsp3) is 0.542. The predicted octanol–water partition coefficient (Wildman–Crippen LogP) is 2.10. The molecule has 1 aromatic heterocycles. The second-order valence-electron chi connectivity index (χ2n) is 8.69. The lowest BCUT2D eigenvalue weighted by atomic mass is 9.81. The van der Waals surface area contributed by atoms with Gasteiger partial charge in [0.05, 0.1) is 5.69 Å². The van der Waals surface area contributed by atoms with E-state index < -0.39 is 0 Å². The van der Waals surface area contributed by atoms with Crippen LogP contribution in [0.5, 0.6) is 5.75 Å². The number of ether oxygens (including phenoxy) is 1. The number of piperidine rings is 1. The molecule has 2 atom stereocenters. The lowest BCUT2D eigenvalue weighted by Gasteiger charge is -2.37. The molecule has 0 bridgehead atoms. The molecular formula is C24H32N4O4. The average Bonchev–Trinajstić information content (AvgIpc) is 3.27. The molecule has 32 heavy (non-hydrogen) atoms. The molecule has 2 aliphatic heterocycles. The van der Waals surface area contributed by atoms with E-state index in [0.29, 0.717) is 56.8 Å². The van der Waals surface area contributed by atoms with Gasteiger partial charge in [-0.3, -0.25) is 9.59 Å². The molecule has 0 saturated carbocycles. The van der Waals surface area contributed by atoms with Gasteiger partial charge in [0, 0.05) is 45.6 Å². The Morgan fingerprint density at radius 1 is 1.12 bits per heavy atom. The smallest absolute Gasteiger partial charge is 0.222 e. The Morgan fingerprint density at radius 2 is 1.88 bits per heavy atom. The molecule has 2 aromatic rings. The lowest BCUT2D eigenvalue weighted by Crippen LogP contribution is -2.51. The highest BCUT2D eigenvalue weighted by Crippen LogP contribution is 2.27. The van der Waals surface area contributed by atoms with Crippen molar-refractivity contribution in [3.05, 3.63) is 47.9 Å². The maximum Gasteiger partial charge on any atom is 0.222 e. The third-order valence-electron chi connectivity index (χ3n) is 6.48. The standard InChI is InChI=1S/C24H32N4O4/c1-18(29)27-9-11-28(12-10-27)24(30)14-19-7-8-25-16-20(19)13-21-15-23(32-26-21)17-31-22-5-3-2-4-6-22/h2-6,15,19-20,25H,7-14,16-17H2,1H3/t19-,20-/m0/s1. The fourth-order valence-corrected chi connectivity index (χ4v) is 4.57. The summed E-state index contributed by atoms with van der Waals surface area (Å²) in [7, 11) is 0. The molecule has 4 rings (SSSR count). The van der Waals surface area contributed by atoms with Gasteiger partial charge in [0.15, 0.2) is 5.76 Å². The van der Waals surface area contributed by atoms with Crippen LogP contribution in [-0.4, -0.2) is 66.0 Å². The van der Waals surface area contributed by atoms with Gasteiger partial charge in [0.1, 0.15) is 12.4 Å². The van der Waals surface area contributed by atoms with Gasteiger partial charge in [0.25, 0.3) is 0 Å². The van der Waals surface area contributed by atoms with Gasteiger partial charge in [-0.05, 0) is 49.9 Å². The summed E-state index contributed by atoms with van der Waals surface area (Å²) in [6, 6.07) is 11.6. The summed E-state index contributed by atoms with van der Waals surface area (Å²) >= 11 is 0. The van der Waals surface area contributed by atoms with Crippen LogP contribution in [-0.2, 0) is 22.6 Å². The van der Waals surface area contributed by atoms with E-state index in [4.69, 9.17) is 9.26 Å². The molecule has 8 nitrogen and oxygen atoms in total. The molecule has 2 saturated heterocycles. The van der Waals surface area contributed by atoms with Crippen LogP contribution < -0.4 is 10.1 Å². The van der Waals surface area contributed by atoms with Crippen LogP contribution in [0.3, 0.4) is 0 Å². The number of nitrogens with one attached hydrogen (secondary N) is 1. The zero-order chi connectivity index (χ0) is 22.3. The van der Waals surface area contributed by atoms with Crippen LogP contribution in [0.15, 0.2) is 40.9 Å². The molecule has 8 heteroatoms. The topological polar surface area (TPSA) is 87.9 Å². The van der Waals surface area contributed by atoms with Crippen LogP contribution in [0.25, 0.3) is 0 Å². The Hall–Kier alpha value is -2.87. The van der Waals surface area contributed by atoms with Gasteiger partial charge in [-0.2, -0.15) is 0 Å². The number of amides is 2. The summed E-state index contributed by atoms with van der Waals surface area (Å²) in [6.45, 7) is 6.24. The van der Waals surface area contributed by atoms with E-state index in [-0.39, 0.29) is 11.8 Å². The first-order valence-electron chi connectivity index (χ1n) is 11.4. The van der Waals surface area contributed by atoms with Gasteiger partial charge < -0.3 is 24.4 Å². The molecule has 1 aromatic carbocycles. The maximum absolute atomic E-state index is 12.9. The fourth-order valence-electron chi connectivity index (χ4n) is 4.57. The van der Waals surface area contributed by atoms with E-state index in [1.807, 2.05) is 41.3 Å². The normalized spacial score (nSPS) is 21.4. The molecule has 0 unspecified atom stereocenters. The van der Waals surface area contributed by atoms with Crippen LogP contribution in [0, 0.1) is 11.8 Å². The maximum atomic E-state index is 12.9. The summed E-state index contributed by atoms with van der Waals surface area (Å²) in [5, 5.41) is 7.69. The number of hydrogen-bond acceptors (Lipinski definition) is 6. The molecule has 172 valence electrons. The zero-order valence-corrected chi connectivity index (χ0v) is 18.7. The molecule has 2 fully saturated rings. The number of aromatic nitrogens is 1. The average molecular weight is 441 g/mol. The van der Waals surface area contributed by atoms with Crippen LogP contribution >= 0.6 is 0 Å². The minimum Gasteiger partial charge on any atom is -0.486 e. The van der Waals surface area contributed by atoms with Gasteiger partial charge in [-0.1, -0.05) is 23.4 Å². The third kappa shape index (κ3) is 5.88. The monoisotopic (exact) mass is 440 g/mol. The summed E-state index contributed by atoms with van der Waals surface area (Å²) in [5.74, 6) is 2.42. The number of nitrogens with zero attached hydrogens (tertiary/aromatic N) is 3. The molecule has 0 spiro atoms. The first kappa shape index (κ1) is 22.3. The van der Waals surface area contributed by atoms with Gasteiger partial charge in [-0.15, -0.1) is 0 Å². The minimum atomic E-state index is 0.0802. The van der Waals surface area contributed by atoms with E-state index in [1.165, 1.54) is 0 Å². The second kappa shape index (κ2) is 10.6. The van der Waals surface area contributed by atoms with E-state index in [2.05, 4.69) is 10.5 Å². The number of benzene rings is 1. The van der Waals surface area contributed by atoms with Crippen molar-refractivity contribution < 1.29 is 18.8 Å². The number of hydrogen-bond donors (Lipinski definition) is 1. The number of carbonyl (C=O) groups excluding carboxylic acids is 2. The van der Waals surface area contributed by atoms with Crippen molar-refractivity contribution in [2.45, 2.75) is 32.8 Å². The number of para-hydroxylation sites is 1. The van der Waals surface area contributed by atoms with Crippen molar-refractivity contribution in [1.82, 2.24) is 20.3 Å². The highest BCUT2D eigenvalue weighted by atomic mass is 16.5. The van der Waals surface area contributed by atoms with E-state index in [9.17, 15) is 9.59 Å². The van der Waals surface area contributed by atoms with Crippen molar-refractivity contribution in [2.24, 2.45) is 11.8 Å². The molecular weight excluding hydrogens is 408 g/mol. The SMILES string of the molecule is CC(=O)N1CCN(C(=O)C[C@@H]2CCNC[C@@H]2Cc2cc(COc3ccccc3)on2)CC1. The first-order valence-corrected chi connectivity index (χ1v) is 11.4. The van der Waals surface area contributed by atoms with Crippen molar-refractivity contribution >= 4 is 11.8 Å². The Bertz CT molecular complexity index is 892. The van der Waals surface area contributed by atoms with Gasteiger partial charge >= 0.3 is 0 Å². The van der Waals surface area contributed by atoms with Gasteiger partial charge in [0.2, 0.25) is 11.8 Å². The molecule has 3 heterocycles. The van der Waals surface area contributed by atoms with Crippen LogP contribution in [0.1, 0.15) is 31.2 Å². The Balaban J connectivity index is 1.28. The molecule has 0 aliphatic carbocycles. The Labute approximate surface area is 188 Å². The van der Waals surface area contributed by atoms with E-state index >= 15 is 0 Å². The zero-order valence-electron chi connectivity index (χ0n) is 18.7. The van der Waals surface area contributed by atoms with Crippen molar-refractivity contribution in [3.8, 4) is 5.75 Å². The molecule has 2 aliphatic rings. The first-order chi connectivity index (χ1) is 15.6. The van der Waals surface area contributed by atoms with Crippen molar-refractivity contribution in [3.63, 3.8) is 0 Å². The minimum absolute atomic E-state index is 0.0802. The quantitative estimate of drug-likeness (QED) is 0.710. The highest BCUT2D eigenvalue weighted by Gasteiger charge is 2.31. The van der Waals surface area contributed by atoms with Gasteiger partial charge in [-0.25, -0.2) is 0 Å². The summed E-state index contributed by atoms with van der Waals surface area (Å²) < 4.78 is 11.2. The highest BCUT2D eigenvalue weighted by molar-refractivity contribution is 5.77. The molecule has 0 radical (unpaired) electrons. The second-order valence-corrected chi connectivity index (χ2v) is 8.69. The lowest BCUT2D eigenvalue weighted by molar-refractivity contribution is -0.139. The predicted molar refractivity (Wildman–Crippen MR) is 119 cm³/mol. The van der Waals surface area contributed by atoms with E-state index in [1.54, 1.807) is 11.8 Å².